The van der Waals surface area contributed by atoms with E-state index in [0.29, 0.717) is 0 Å². The average molecular weight is 340 g/mol. The molecule has 116 valence electrons. The lowest BCUT2D eigenvalue weighted by atomic mass is 10.2. The second-order valence-corrected chi connectivity index (χ2v) is 5.24. The molecule has 1 aromatic carbocycles. The van der Waals surface area contributed by atoms with Crippen molar-refractivity contribution in [3.05, 3.63) is 57.8 Å². The van der Waals surface area contributed by atoms with Gasteiger partial charge >= 0.3 is 5.97 Å². The minimum Gasteiger partial charge on any atom is -0.490 e. The Morgan fingerprint density at radius 2 is 2.00 bits per heavy atom. The molecule has 6 heteroatoms. The maximum atomic E-state index is 11.8. The standard InChI is InChI=1S/C16H15Cl2NO3/c1-2-11-4-3-5-12(10-11)21-8-9-22-16(20)15-13(17)6-7-14(18)19-15/h3-7,10H,2,8-9H2,1H3. The van der Waals surface area contributed by atoms with E-state index in [4.69, 9.17) is 32.7 Å². The molecule has 0 aliphatic carbocycles. The van der Waals surface area contributed by atoms with E-state index in [-0.39, 0.29) is 29.1 Å². The molecule has 2 aromatic rings. The predicted octanol–water partition coefficient (Wildman–Crippen LogP) is 4.19. The summed E-state index contributed by atoms with van der Waals surface area (Å²) in [5, 5.41) is 0.384. The lowest BCUT2D eigenvalue weighted by Crippen LogP contribution is -2.14. The van der Waals surface area contributed by atoms with Gasteiger partial charge in [-0.3, -0.25) is 0 Å². The van der Waals surface area contributed by atoms with Crippen LogP contribution in [0.5, 0.6) is 5.75 Å². The third kappa shape index (κ3) is 4.61. The molecule has 0 aliphatic heterocycles. The zero-order chi connectivity index (χ0) is 15.9. The average Bonchev–Trinajstić information content (AvgIpc) is 2.54. The van der Waals surface area contributed by atoms with Crippen LogP contribution in [0.25, 0.3) is 0 Å². The molecule has 0 amide bonds. The molecule has 0 fully saturated rings. The Morgan fingerprint density at radius 3 is 2.77 bits per heavy atom. The fourth-order valence-corrected chi connectivity index (χ4v) is 2.11. The Balaban J connectivity index is 1.83. The summed E-state index contributed by atoms with van der Waals surface area (Å²) in [6, 6.07) is 10.8. The lowest BCUT2D eigenvalue weighted by molar-refractivity contribution is 0.0444. The fourth-order valence-electron chi connectivity index (χ4n) is 1.78. The summed E-state index contributed by atoms with van der Waals surface area (Å²) in [5.74, 6) is 0.118. The number of aryl methyl sites for hydroxylation is 1. The number of carbonyl (C=O) groups is 1. The van der Waals surface area contributed by atoms with Gasteiger partial charge in [0.2, 0.25) is 0 Å². The van der Waals surface area contributed by atoms with Crippen LogP contribution in [0.2, 0.25) is 10.2 Å². The smallest absolute Gasteiger partial charge is 0.358 e. The van der Waals surface area contributed by atoms with Crippen LogP contribution in [-0.4, -0.2) is 24.2 Å². The van der Waals surface area contributed by atoms with E-state index in [1.807, 2.05) is 24.3 Å². The summed E-state index contributed by atoms with van der Waals surface area (Å²) in [4.78, 5) is 15.7. The molecular formula is C16H15Cl2NO3. The van der Waals surface area contributed by atoms with Gasteiger partial charge in [-0.2, -0.15) is 0 Å². The summed E-state index contributed by atoms with van der Waals surface area (Å²) in [7, 11) is 0. The molecule has 0 spiro atoms. The van der Waals surface area contributed by atoms with Gasteiger partial charge in [0.15, 0.2) is 5.69 Å². The Morgan fingerprint density at radius 1 is 1.18 bits per heavy atom. The normalized spacial score (nSPS) is 10.3. The van der Waals surface area contributed by atoms with Crippen LogP contribution >= 0.6 is 23.2 Å². The second kappa shape index (κ2) is 8.01. The minimum absolute atomic E-state index is 0.00199. The fraction of sp³-hybridized carbons (Fsp3) is 0.250. The van der Waals surface area contributed by atoms with Crippen molar-refractivity contribution in [3.8, 4) is 5.75 Å². The summed E-state index contributed by atoms with van der Waals surface area (Å²) in [6.07, 6.45) is 0.936. The van der Waals surface area contributed by atoms with Gasteiger partial charge in [0.05, 0.1) is 5.02 Å². The van der Waals surface area contributed by atoms with E-state index in [9.17, 15) is 4.79 Å². The summed E-state index contributed by atoms with van der Waals surface area (Å²) >= 11 is 11.6. The summed E-state index contributed by atoms with van der Waals surface area (Å²) in [5.41, 5.74) is 1.19. The maximum absolute atomic E-state index is 11.8. The van der Waals surface area contributed by atoms with Crippen molar-refractivity contribution in [2.45, 2.75) is 13.3 Å². The largest absolute Gasteiger partial charge is 0.490 e. The van der Waals surface area contributed by atoms with Crippen LogP contribution in [0.3, 0.4) is 0 Å². The first-order valence-corrected chi connectivity index (χ1v) is 7.56. The van der Waals surface area contributed by atoms with Crippen molar-refractivity contribution in [1.29, 1.82) is 0 Å². The molecule has 0 N–H and O–H groups in total. The molecule has 0 bridgehead atoms. The van der Waals surface area contributed by atoms with Gasteiger partial charge in [-0.15, -0.1) is 0 Å². The number of halogens is 2. The molecule has 0 saturated carbocycles. The number of esters is 1. The van der Waals surface area contributed by atoms with Crippen molar-refractivity contribution < 1.29 is 14.3 Å². The van der Waals surface area contributed by atoms with Crippen molar-refractivity contribution >= 4 is 29.2 Å². The molecule has 0 unspecified atom stereocenters. The molecule has 2 rings (SSSR count). The van der Waals surface area contributed by atoms with Crippen molar-refractivity contribution in [2.75, 3.05) is 13.2 Å². The Bertz CT molecular complexity index is 662. The van der Waals surface area contributed by atoms with E-state index in [2.05, 4.69) is 11.9 Å². The van der Waals surface area contributed by atoms with E-state index < -0.39 is 5.97 Å². The highest BCUT2D eigenvalue weighted by molar-refractivity contribution is 6.34. The van der Waals surface area contributed by atoms with Crippen molar-refractivity contribution in [3.63, 3.8) is 0 Å². The predicted molar refractivity (Wildman–Crippen MR) is 85.9 cm³/mol. The zero-order valence-corrected chi connectivity index (χ0v) is 13.5. The first-order valence-electron chi connectivity index (χ1n) is 6.81. The number of benzene rings is 1. The van der Waals surface area contributed by atoms with Crippen LogP contribution in [0.4, 0.5) is 0 Å². The van der Waals surface area contributed by atoms with Gasteiger partial charge in [0, 0.05) is 0 Å². The molecule has 0 saturated heterocycles. The van der Waals surface area contributed by atoms with Crippen molar-refractivity contribution in [2.24, 2.45) is 0 Å². The Labute approximate surface area is 139 Å². The van der Waals surface area contributed by atoms with Gasteiger partial charge in [-0.25, -0.2) is 9.78 Å². The van der Waals surface area contributed by atoms with Gasteiger partial charge in [-0.1, -0.05) is 42.3 Å². The van der Waals surface area contributed by atoms with Gasteiger partial charge in [-0.05, 0) is 36.2 Å². The first-order chi connectivity index (χ1) is 10.6. The van der Waals surface area contributed by atoms with Crippen LogP contribution in [0, 0.1) is 0 Å². The second-order valence-electron chi connectivity index (χ2n) is 4.45. The number of aromatic nitrogens is 1. The van der Waals surface area contributed by atoms with Crippen LogP contribution in [-0.2, 0) is 11.2 Å². The molecule has 22 heavy (non-hydrogen) atoms. The van der Waals surface area contributed by atoms with Crippen LogP contribution < -0.4 is 4.74 Å². The zero-order valence-electron chi connectivity index (χ0n) is 12.0. The van der Waals surface area contributed by atoms with Gasteiger partial charge in [0.25, 0.3) is 0 Å². The number of pyridine rings is 1. The SMILES string of the molecule is CCc1cccc(OCCOC(=O)c2nc(Cl)ccc2Cl)c1. The van der Waals surface area contributed by atoms with Gasteiger partial charge in [0.1, 0.15) is 24.1 Å². The molecule has 0 atom stereocenters. The quantitative estimate of drug-likeness (QED) is 0.450. The Hall–Kier alpha value is -1.78. The van der Waals surface area contributed by atoms with Crippen LogP contribution in [0.1, 0.15) is 23.0 Å². The molecule has 1 heterocycles. The number of rotatable bonds is 6. The van der Waals surface area contributed by atoms with Gasteiger partial charge < -0.3 is 9.47 Å². The van der Waals surface area contributed by atoms with E-state index in [1.54, 1.807) is 0 Å². The highest BCUT2D eigenvalue weighted by Gasteiger charge is 2.14. The van der Waals surface area contributed by atoms with E-state index >= 15 is 0 Å². The first kappa shape index (κ1) is 16.6. The molecular weight excluding hydrogens is 325 g/mol. The third-order valence-electron chi connectivity index (χ3n) is 2.90. The topological polar surface area (TPSA) is 48.4 Å². The highest BCUT2D eigenvalue weighted by atomic mass is 35.5. The number of hydrogen-bond acceptors (Lipinski definition) is 4. The number of nitrogens with zero attached hydrogens (tertiary/aromatic N) is 1. The van der Waals surface area contributed by atoms with Crippen LogP contribution in [0.15, 0.2) is 36.4 Å². The number of carbonyl (C=O) groups excluding carboxylic acids is 1. The maximum Gasteiger partial charge on any atom is 0.358 e. The summed E-state index contributed by atoms with van der Waals surface area (Å²) < 4.78 is 10.6. The highest BCUT2D eigenvalue weighted by Crippen LogP contribution is 2.18. The number of hydrogen-bond donors (Lipinski definition) is 0. The Kier molecular flexibility index (Phi) is 6.04. The van der Waals surface area contributed by atoms with Crippen molar-refractivity contribution in [1.82, 2.24) is 4.98 Å². The molecule has 0 radical (unpaired) electrons. The minimum atomic E-state index is -0.626. The number of ether oxygens (including phenoxy) is 2. The molecule has 4 nitrogen and oxygen atoms in total. The molecule has 0 aliphatic rings. The third-order valence-corrected chi connectivity index (χ3v) is 3.41. The summed E-state index contributed by atoms with van der Waals surface area (Å²) in [6.45, 7) is 2.42. The van der Waals surface area contributed by atoms with E-state index in [1.165, 1.54) is 17.7 Å². The lowest BCUT2D eigenvalue weighted by Gasteiger charge is -2.08. The monoisotopic (exact) mass is 339 g/mol. The molecule has 1 aromatic heterocycles. The van der Waals surface area contributed by atoms with E-state index in [0.717, 1.165) is 12.2 Å².